The minimum atomic E-state index is 0.0289. The normalized spacial score (nSPS) is 12.8. The molecule has 1 aliphatic carbocycles. The molecular formula is C14H7ClN2O. The summed E-state index contributed by atoms with van der Waals surface area (Å²) in [7, 11) is 0. The van der Waals surface area contributed by atoms with E-state index >= 15 is 0 Å². The van der Waals surface area contributed by atoms with Gasteiger partial charge in [0.2, 0.25) is 0 Å². The molecule has 86 valence electrons. The van der Waals surface area contributed by atoms with Crippen LogP contribution in [0.1, 0.15) is 15.9 Å². The Labute approximate surface area is 107 Å². The first-order valence-electron chi connectivity index (χ1n) is 5.58. The molecule has 0 fully saturated rings. The molecule has 0 unspecified atom stereocenters. The number of aromatic amines is 1. The number of halogens is 1. The van der Waals surface area contributed by atoms with Crippen molar-refractivity contribution >= 4 is 28.3 Å². The minimum absolute atomic E-state index is 0.0289. The third-order valence-corrected chi connectivity index (χ3v) is 3.65. The molecule has 1 heterocycles. The first-order valence-corrected chi connectivity index (χ1v) is 5.96. The molecular weight excluding hydrogens is 248 g/mol. The van der Waals surface area contributed by atoms with Gasteiger partial charge in [-0.25, -0.2) is 0 Å². The zero-order valence-electron chi connectivity index (χ0n) is 9.20. The quantitative estimate of drug-likeness (QED) is 0.523. The number of carbonyl (C=O) groups excluding carboxylic acids is 1. The van der Waals surface area contributed by atoms with E-state index in [9.17, 15) is 4.79 Å². The van der Waals surface area contributed by atoms with Crippen LogP contribution in [0, 0.1) is 0 Å². The van der Waals surface area contributed by atoms with Gasteiger partial charge in [-0.2, -0.15) is 5.10 Å². The SMILES string of the molecule is O=C1c2ccccc2-c2[nH]nc3c(Cl)ccc1c23. The van der Waals surface area contributed by atoms with Crippen LogP contribution >= 0.6 is 11.6 Å². The summed E-state index contributed by atoms with van der Waals surface area (Å²) >= 11 is 6.10. The molecule has 0 spiro atoms. The van der Waals surface area contributed by atoms with Gasteiger partial charge in [0.15, 0.2) is 5.78 Å². The highest BCUT2D eigenvalue weighted by Gasteiger charge is 2.27. The van der Waals surface area contributed by atoms with Gasteiger partial charge in [0.05, 0.1) is 10.7 Å². The van der Waals surface area contributed by atoms with E-state index in [1.54, 1.807) is 12.1 Å². The van der Waals surface area contributed by atoms with Gasteiger partial charge in [-0.05, 0) is 12.1 Å². The number of ketones is 1. The van der Waals surface area contributed by atoms with Crippen molar-refractivity contribution in [1.29, 1.82) is 0 Å². The van der Waals surface area contributed by atoms with Crippen molar-refractivity contribution in [3.63, 3.8) is 0 Å². The smallest absolute Gasteiger partial charge is 0.194 e. The van der Waals surface area contributed by atoms with Crippen LogP contribution in [0.15, 0.2) is 36.4 Å². The number of aromatic nitrogens is 2. The summed E-state index contributed by atoms with van der Waals surface area (Å²) in [6.07, 6.45) is 0. The number of nitrogens with one attached hydrogen (secondary N) is 1. The Balaban J connectivity index is 2.26. The average Bonchev–Trinajstić information content (AvgIpc) is 2.84. The molecule has 0 amide bonds. The van der Waals surface area contributed by atoms with Gasteiger partial charge in [-0.1, -0.05) is 35.9 Å². The van der Waals surface area contributed by atoms with E-state index in [1.807, 2.05) is 24.3 Å². The highest BCUT2D eigenvalue weighted by Crippen LogP contribution is 2.39. The van der Waals surface area contributed by atoms with Gasteiger partial charge in [0.1, 0.15) is 5.52 Å². The second-order valence-electron chi connectivity index (χ2n) is 4.29. The first kappa shape index (κ1) is 9.85. The predicted molar refractivity (Wildman–Crippen MR) is 70.0 cm³/mol. The van der Waals surface area contributed by atoms with E-state index in [0.717, 1.165) is 16.6 Å². The Morgan fingerprint density at radius 1 is 1.00 bits per heavy atom. The van der Waals surface area contributed by atoms with Crippen LogP contribution in [0.3, 0.4) is 0 Å². The zero-order chi connectivity index (χ0) is 12.3. The Morgan fingerprint density at radius 2 is 1.78 bits per heavy atom. The fourth-order valence-electron chi connectivity index (χ4n) is 2.52. The van der Waals surface area contributed by atoms with Gasteiger partial charge in [0, 0.05) is 22.1 Å². The fourth-order valence-corrected chi connectivity index (χ4v) is 2.72. The highest BCUT2D eigenvalue weighted by molar-refractivity contribution is 6.37. The molecule has 4 heteroatoms. The van der Waals surface area contributed by atoms with Crippen LogP contribution in [0.2, 0.25) is 5.02 Å². The summed E-state index contributed by atoms with van der Waals surface area (Å²) < 4.78 is 0. The minimum Gasteiger partial charge on any atom is -0.289 e. The molecule has 3 nitrogen and oxygen atoms in total. The second kappa shape index (κ2) is 3.21. The molecule has 0 aliphatic heterocycles. The zero-order valence-corrected chi connectivity index (χ0v) is 9.95. The number of hydrogen-bond acceptors (Lipinski definition) is 2. The molecule has 0 radical (unpaired) electrons. The van der Waals surface area contributed by atoms with E-state index in [2.05, 4.69) is 10.2 Å². The third kappa shape index (κ3) is 1.05. The van der Waals surface area contributed by atoms with Crippen LogP contribution < -0.4 is 0 Å². The Hall–Kier alpha value is -2.13. The molecule has 1 N–H and O–H groups in total. The summed E-state index contributed by atoms with van der Waals surface area (Å²) in [5, 5.41) is 8.58. The second-order valence-corrected chi connectivity index (χ2v) is 4.70. The molecule has 0 atom stereocenters. The monoisotopic (exact) mass is 254 g/mol. The lowest BCUT2D eigenvalue weighted by molar-refractivity contribution is 0.104. The predicted octanol–water partition coefficient (Wildman–Crippen LogP) is 3.43. The maximum Gasteiger partial charge on any atom is 0.194 e. The molecule has 0 saturated carbocycles. The van der Waals surface area contributed by atoms with E-state index < -0.39 is 0 Å². The summed E-state index contributed by atoms with van der Waals surface area (Å²) in [6.45, 7) is 0. The lowest BCUT2D eigenvalue weighted by Gasteiger charge is -2.14. The van der Waals surface area contributed by atoms with E-state index in [4.69, 9.17) is 11.6 Å². The van der Waals surface area contributed by atoms with Gasteiger partial charge >= 0.3 is 0 Å². The Kier molecular flexibility index (Phi) is 1.76. The van der Waals surface area contributed by atoms with Crippen LogP contribution in [-0.4, -0.2) is 16.0 Å². The highest BCUT2D eigenvalue weighted by atomic mass is 35.5. The number of fused-ring (bicyclic) bond motifs is 2. The lowest BCUT2D eigenvalue weighted by Crippen LogP contribution is -2.08. The molecule has 3 aromatic rings. The topological polar surface area (TPSA) is 45.8 Å². The van der Waals surface area contributed by atoms with Crippen molar-refractivity contribution in [3.05, 3.63) is 52.5 Å². The Bertz CT molecular complexity index is 820. The number of nitrogens with zero attached hydrogens (tertiary/aromatic N) is 1. The van der Waals surface area contributed by atoms with Crippen molar-refractivity contribution in [2.75, 3.05) is 0 Å². The van der Waals surface area contributed by atoms with Crippen LogP contribution in [0.5, 0.6) is 0 Å². The molecule has 18 heavy (non-hydrogen) atoms. The number of hydrogen-bond donors (Lipinski definition) is 1. The van der Waals surface area contributed by atoms with Crippen molar-refractivity contribution in [2.45, 2.75) is 0 Å². The number of H-pyrrole nitrogens is 1. The lowest BCUT2D eigenvalue weighted by atomic mass is 9.87. The largest absolute Gasteiger partial charge is 0.289 e. The van der Waals surface area contributed by atoms with E-state index in [0.29, 0.717) is 21.7 Å². The van der Waals surface area contributed by atoms with Crippen molar-refractivity contribution in [1.82, 2.24) is 10.2 Å². The van der Waals surface area contributed by atoms with Crippen LogP contribution in [0.25, 0.3) is 22.2 Å². The molecule has 2 aromatic carbocycles. The Morgan fingerprint density at radius 3 is 2.61 bits per heavy atom. The number of benzene rings is 2. The molecule has 1 aromatic heterocycles. The summed E-state index contributed by atoms with van der Waals surface area (Å²) in [4.78, 5) is 12.4. The standard InChI is InChI=1S/C14H7ClN2O/c15-10-6-5-9-11-12(16-17-13(10)11)7-3-1-2-4-8(7)14(9)18/h1-6H,(H,16,17). The number of rotatable bonds is 0. The van der Waals surface area contributed by atoms with Crippen molar-refractivity contribution < 1.29 is 4.79 Å². The van der Waals surface area contributed by atoms with Crippen LogP contribution in [0.4, 0.5) is 0 Å². The maximum absolute atomic E-state index is 12.4. The van der Waals surface area contributed by atoms with Gasteiger partial charge in [0.25, 0.3) is 0 Å². The van der Waals surface area contributed by atoms with Crippen LogP contribution in [-0.2, 0) is 0 Å². The average molecular weight is 255 g/mol. The molecule has 0 bridgehead atoms. The van der Waals surface area contributed by atoms with E-state index in [-0.39, 0.29) is 5.78 Å². The number of carbonyl (C=O) groups is 1. The van der Waals surface area contributed by atoms with Gasteiger partial charge < -0.3 is 0 Å². The fraction of sp³-hybridized carbons (Fsp3) is 0. The molecule has 1 aliphatic rings. The maximum atomic E-state index is 12.4. The third-order valence-electron chi connectivity index (χ3n) is 3.34. The first-order chi connectivity index (χ1) is 8.77. The summed E-state index contributed by atoms with van der Waals surface area (Å²) in [5.41, 5.74) is 3.79. The van der Waals surface area contributed by atoms with Gasteiger partial charge in [-0.3, -0.25) is 9.89 Å². The van der Waals surface area contributed by atoms with E-state index in [1.165, 1.54) is 0 Å². The molecule has 0 saturated heterocycles. The molecule has 4 rings (SSSR count). The van der Waals surface area contributed by atoms with Crippen molar-refractivity contribution in [3.8, 4) is 11.3 Å². The van der Waals surface area contributed by atoms with Gasteiger partial charge in [-0.15, -0.1) is 0 Å². The summed E-state index contributed by atoms with van der Waals surface area (Å²) in [5.74, 6) is 0.0289. The summed E-state index contributed by atoms with van der Waals surface area (Å²) in [6, 6.07) is 11.0. The van der Waals surface area contributed by atoms with Crippen molar-refractivity contribution in [2.24, 2.45) is 0 Å².